The van der Waals surface area contributed by atoms with Crippen LogP contribution in [0.1, 0.15) is 27.9 Å². The van der Waals surface area contributed by atoms with Gasteiger partial charge in [-0.2, -0.15) is 0 Å². The summed E-state index contributed by atoms with van der Waals surface area (Å²) in [5, 5.41) is 15.6. The van der Waals surface area contributed by atoms with E-state index < -0.39 is 11.9 Å². The van der Waals surface area contributed by atoms with Crippen molar-refractivity contribution in [1.82, 2.24) is 14.8 Å². The summed E-state index contributed by atoms with van der Waals surface area (Å²) in [6.45, 7) is 4.11. The topological polar surface area (TPSA) is 120 Å². The fraction of sp³-hybridized carbons (Fsp3) is 0.333. The van der Waals surface area contributed by atoms with Crippen LogP contribution in [0.5, 0.6) is 5.88 Å². The van der Waals surface area contributed by atoms with Gasteiger partial charge in [-0.15, -0.1) is 0 Å². The van der Waals surface area contributed by atoms with Crippen molar-refractivity contribution < 1.29 is 29.3 Å². The number of nitrogens with zero attached hydrogens (tertiary/aromatic N) is 3. The number of amides is 1. The molecular weight excluding hydrogens is 426 g/mol. The van der Waals surface area contributed by atoms with Crippen LogP contribution in [0.4, 0.5) is 0 Å². The molecule has 0 bridgehead atoms. The van der Waals surface area contributed by atoms with Crippen molar-refractivity contribution in [2.24, 2.45) is 0 Å². The predicted molar refractivity (Wildman–Crippen MR) is 122 cm³/mol. The second kappa shape index (κ2) is 12.4. The highest BCUT2D eigenvalue weighted by atomic mass is 16.5. The number of hydrogen-bond acceptors (Lipinski definition) is 6. The lowest BCUT2D eigenvalue weighted by atomic mass is 10.1. The molecule has 1 aliphatic rings. The van der Waals surface area contributed by atoms with Crippen molar-refractivity contribution in [2.45, 2.75) is 26.0 Å². The fourth-order valence-corrected chi connectivity index (χ4v) is 3.09. The van der Waals surface area contributed by atoms with Gasteiger partial charge in [0.25, 0.3) is 5.91 Å². The number of rotatable bonds is 7. The molecule has 1 aromatic heterocycles. The number of ether oxygens (including phenoxy) is 1. The van der Waals surface area contributed by atoms with E-state index in [9.17, 15) is 14.4 Å². The van der Waals surface area contributed by atoms with Gasteiger partial charge >= 0.3 is 11.9 Å². The molecule has 0 spiro atoms. The summed E-state index contributed by atoms with van der Waals surface area (Å²) in [7, 11) is 4.08. The Balaban J connectivity index is 0.000000414. The molecule has 1 atom stereocenters. The van der Waals surface area contributed by atoms with Gasteiger partial charge in [-0.3, -0.25) is 4.79 Å². The molecule has 0 aliphatic carbocycles. The summed E-state index contributed by atoms with van der Waals surface area (Å²) < 4.78 is 6.06. The van der Waals surface area contributed by atoms with Crippen LogP contribution in [0.3, 0.4) is 0 Å². The van der Waals surface area contributed by atoms with E-state index in [4.69, 9.17) is 14.9 Å². The lowest BCUT2D eigenvalue weighted by Gasteiger charge is -2.25. The van der Waals surface area contributed by atoms with Crippen LogP contribution in [0, 0.1) is 6.92 Å². The largest absolute Gasteiger partial charge is 0.478 e. The Hall–Kier alpha value is -3.72. The van der Waals surface area contributed by atoms with Crippen LogP contribution in [0.25, 0.3) is 0 Å². The minimum atomic E-state index is -1.26. The molecule has 0 fully saturated rings. The standard InChI is InChI=1S/C20H25N3O2.C4H4O4/c1-15-6-8-16(9-7-15)13-23-14-17(10-12-22(2)3)25-19-18(20(23)24)5-4-11-21-19;5-3(6)1-2-4(7)8/h4-9,11,17H,10,12-14H2,1-3H3;1-2H,(H,5,6)(H,7,8). The van der Waals surface area contributed by atoms with Gasteiger partial charge in [0.1, 0.15) is 11.7 Å². The molecule has 176 valence electrons. The number of benzene rings is 1. The Bertz CT molecular complexity index is 972. The van der Waals surface area contributed by atoms with Crippen molar-refractivity contribution in [2.75, 3.05) is 27.2 Å². The third-order valence-corrected chi connectivity index (χ3v) is 4.75. The minimum absolute atomic E-state index is 0.0176. The van der Waals surface area contributed by atoms with Crippen molar-refractivity contribution >= 4 is 17.8 Å². The number of carboxylic acid groups (broad SMARTS) is 2. The first kappa shape index (κ1) is 25.5. The summed E-state index contributed by atoms with van der Waals surface area (Å²) in [5.41, 5.74) is 2.88. The second-order valence-corrected chi connectivity index (χ2v) is 7.87. The molecule has 9 nitrogen and oxygen atoms in total. The number of fused-ring (bicyclic) bond motifs is 1. The SMILES string of the molecule is Cc1ccc(CN2CC(CCN(C)C)Oc3ncccc3C2=O)cc1.O=C(O)C=CC(=O)O. The summed E-state index contributed by atoms with van der Waals surface area (Å²) in [4.78, 5) is 40.4. The number of carbonyl (C=O) groups excluding carboxylic acids is 1. The molecule has 1 amide bonds. The van der Waals surface area contributed by atoms with E-state index in [1.165, 1.54) is 5.56 Å². The van der Waals surface area contributed by atoms with E-state index >= 15 is 0 Å². The van der Waals surface area contributed by atoms with E-state index in [1.54, 1.807) is 18.3 Å². The van der Waals surface area contributed by atoms with E-state index in [-0.39, 0.29) is 12.0 Å². The molecule has 9 heteroatoms. The molecule has 2 aromatic rings. The third kappa shape index (κ3) is 8.74. The van der Waals surface area contributed by atoms with Crippen LogP contribution in [-0.2, 0) is 16.1 Å². The molecule has 0 radical (unpaired) electrons. The maximum atomic E-state index is 13.0. The lowest BCUT2D eigenvalue weighted by Crippen LogP contribution is -2.37. The van der Waals surface area contributed by atoms with Gasteiger partial charge in [-0.25, -0.2) is 14.6 Å². The number of carboxylic acids is 2. The van der Waals surface area contributed by atoms with E-state index in [2.05, 4.69) is 41.1 Å². The molecule has 1 unspecified atom stereocenters. The fourth-order valence-electron chi connectivity index (χ4n) is 3.09. The zero-order valence-electron chi connectivity index (χ0n) is 19.0. The first-order valence-electron chi connectivity index (χ1n) is 10.4. The Kier molecular flexibility index (Phi) is 9.56. The normalized spacial score (nSPS) is 15.3. The quantitative estimate of drug-likeness (QED) is 0.611. The van der Waals surface area contributed by atoms with Crippen LogP contribution < -0.4 is 4.74 Å². The van der Waals surface area contributed by atoms with Crippen LogP contribution in [0.2, 0.25) is 0 Å². The molecule has 2 N–H and O–H groups in total. The highest BCUT2D eigenvalue weighted by molar-refractivity contribution is 5.96. The Labute approximate surface area is 192 Å². The van der Waals surface area contributed by atoms with Crippen LogP contribution >= 0.6 is 0 Å². The lowest BCUT2D eigenvalue weighted by molar-refractivity contribution is -0.134. The summed E-state index contributed by atoms with van der Waals surface area (Å²) in [5.74, 6) is -2.08. The van der Waals surface area contributed by atoms with E-state index in [0.29, 0.717) is 36.7 Å². The molecule has 33 heavy (non-hydrogen) atoms. The highest BCUT2D eigenvalue weighted by Crippen LogP contribution is 2.24. The predicted octanol–water partition coefficient (Wildman–Crippen LogP) is 2.46. The van der Waals surface area contributed by atoms with E-state index in [0.717, 1.165) is 18.5 Å². The molecule has 3 rings (SSSR count). The first-order valence-corrected chi connectivity index (χ1v) is 10.4. The molecule has 1 aliphatic heterocycles. The third-order valence-electron chi connectivity index (χ3n) is 4.75. The minimum Gasteiger partial charge on any atom is -0.478 e. The number of hydrogen-bond donors (Lipinski definition) is 2. The Morgan fingerprint density at radius 1 is 1.15 bits per heavy atom. The zero-order chi connectivity index (χ0) is 24.4. The van der Waals surface area contributed by atoms with Gasteiger partial charge in [-0.1, -0.05) is 29.8 Å². The van der Waals surface area contributed by atoms with Gasteiger partial charge < -0.3 is 24.7 Å². The maximum absolute atomic E-state index is 13.0. The van der Waals surface area contributed by atoms with Crippen LogP contribution in [0.15, 0.2) is 54.7 Å². The second-order valence-electron chi connectivity index (χ2n) is 7.87. The van der Waals surface area contributed by atoms with Gasteiger partial charge in [0.2, 0.25) is 5.88 Å². The van der Waals surface area contributed by atoms with Gasteiger partial charge in [0.15, 0.2) is 0 Å². The highest BCUT2D eigenvalue weighted by Gasteiger charge is 2.29. The Morgan fingerprint density at radius 2 is 1.79 bits per heavy atom. The first-order chi connectivity index (χ1) is 15.7. The number of aryl methyl sites for hydroxylation is 1. The number of pyridine rings is 1. The average molecular weight is 456 g/mol. The molecule has 1 aromatic carbocycles. The zero-order valence-corrected chi connectivity index (χ0v) is 19.0. The van der Waals surface area contributed by atoms with Crippen molar-refractivity contribution in [3.05, 3.63) is 71.4 Å². The van der Waals surface area contributed by atoms with Gasteiger partial charge in [-0.05, 0) is 45.1 Å². The molecular formula is C24H29N3O6. The van der Waals surface area contributed by atoms with Gasteiger partial charge in [0, 0.05) is 31.4 Å². The summed E-state index contributed by atoms with van der Waals surface area (Å²) >= 11 is 0. The number of aromatic nitrogens is 1. The van der Waals surface area contributed by atoms with Crippen molar-refractivity contribution in [3.8, 4) is 5.88 Å². The molecule has 2 heterocycles. The van der Waals surface area contributed by atoms with E-state index in [1.807, 2.05) is 19.0 Å². The monoisotopic (exact) mass is 455 g/mol. The number of aliphatic carboxylic acids is 2. The molecule has 0 saturated heterocycles. The summed E-state index contributed by atoms with van der Waals surface area (Å²) in [6, 6.07) is 11.9. The summed E-state index contributed by atoms with van der Waals surface area (Å²) in [6.07, 6.45) is 3.57. The number of carbonyl (C=O) groups is 3. The Morgan fingerprint density at radius 3 is 2.36 bits per heavy atom. The molecule has 0 saturated carbocycles. The maximum Gasteiger partial charge on any atom is 0.328 e. The van der Waals surface area contributed by atoms with Crippen LogP contribution in [-0.4, -0.2) is 76.1 Å². The smallest absolute Gasteiger partial charge is 0.328 e. The van der Waals surface area contributed by atoms with Gasteiger partial charge in [0.05, 0.1) is 6.54 Å². The average Bonchev–Trinajstić information content (AvgIpc) is 2.89. The van der Waals surface area contributed by atoms with Crippen molar-refractivity contribution in [3.63, 3.8) is 0 Å². The van der Waals surface area contributed by atoms with Crippen molar-refractivity contribution in [1.29, 1.82) is 0 Å².